The number of hydrogen-bond donors (Lipinski definition) is 0. The fourth-order valence-corrected chi connectivity index (χ4v) is 2.83. The number of benzene rings is 1. The number of nitrogens with zero attached hydrogens (tertiary/aromatic N) is 1. The monoisotopic (exact) mass is 337 g/mol. The molecule has 2 unspecified atom stereocenters. The summed E-state index contributed by atoms with van der Waals surface area (Å²) in [4.78, 5) is 2.05. The molecule has 1 fully saturated rings. The first-order valence-electron chi connectivity index (χ1n) is 5.98. The molecule has 1 aromatic carbocycles. The Morgan fingerprint density at radius 2 is 2.17 bits per heavy atom. The molecule has 0 bridgehead atoms. The first kappa shape index (κ1) is 14.2. The summed E-state index contributed by atoms with van der Waals surface area (Å²) < 4.78 is 27.8. The van der Waals surface area contributed by atoms with E-state index in [1.54, 1.807) is 0 Å². The lowest BCUT2D eigenvalue weighted by Gasteiger charge is -2.34. The predicted molar refractivity (Wildman–Crippen MR) is 72.8 cm³/mol. The van der Waals surface area contributed by atoms with Crippen LogP contribution in [0.4, 0.5) is 8.78 Å². The number of likely N-dealkylation sites (tertiary alicyclic amines) is 1. The molecule has 1 saturated heterocycles. The van der Waals surface area contributed by atoms with E-state index >= 15 is 0 Å². The van der Waals surface area contributed by atoms with Gasteiger partial charge in [-0.2, -0.15) is 0 Å². The highest BCUT2D eigenvalue weighted by atomic mass is 79.9. The Hall–Kier alpha value is -0.190. The highest BCUT2D eigenvalue weighted by Gasteiger charge is 2.25. The van der Waals surface area contributed by atoms with E-state index in [4.69, 9.17) is 11.6 Å². The Morgan fingerprint density at radius 3 is 2.83 bits per heavy atom. The summed E-state index contributed by atoms with van der Waals surface area (Å²) in [5, 5.41) is 0.165. The lowest BCUT2D eigenvalue weighted by atomic mass is 9.99. The molecule has 18 heavy (non-hydrogen) atoms. The van der Waals surface area contributed by atoms with Crippen molar-refractivity contribution in [1.82, 2.24) is 4.90 Å². The van der Waals surface area contributed by atoms with E-state index < -0.39 is 11.6 Å². The fourth-order valence-electron chi connectivity index (χ4n) is 2.28. The van der Waals surface area contributed by atoms with Gasteiger partial charge in [0.05, 0.1) is 4.47 Å². The zero-order chi connectivity index (χ0) is 13.3. The van der Waals surface area contributed by atoms with Crippen LogP contribution in [0, 0.1) is 17.6 Å². The summed E-state index contributed by atoms with van der Waals surface area (Å²) in [7, 11) is 0. The molecule has 5 heteroatoms. The van der Waals surface area contributed by atoms with Crippen molar-refractivity contribution < 1.29 is 8.78 Å². The molecular formula is C13H15BrClF2N. The van der Waals surface area contributed by atoms with Crippen molar-refractivity contribution in [1.29, 1.82) is 0 Å². The van der Waals surface area contributed by atoms with Crippen LogP contribution in [0.2, 0.25) is 0 Å². The second kappa shape index (κ2) is 5.85. The zero-order valence-electron chi connectivity index (χ0n) is 10.1. The quantitative estimate of drug-likeness (QED) is 0.578. The highest BCUT2D eigenvalue weighted by Crippen LogP contribution is 2.26. The third-order valence-electron chi connectivity index (χ3n) is 3.41. The maximum absolute atomic E-state index is 13.9. The van der Waals surface area contributed by atoms with Crippen molar-refractivity contribution >= 4 is 27.5 Å². The third kappa shape index (κ3) is 3.03. The van der Waals surface area contributed by atoms with Crippen molar-refractivity contribution in [2.24, 2.45) is 5.92 Å². The molecular weight excluding hydrogens is 324 g/mol. The van der Waals surface area contributed by atoms with Crippen molar-refractivity contribution in [3.63, 3.8) is 0 Å². The van der Waals surface area contributed by atoms with E-state index in [1.807, 2.05) is 0 Å². The summed E-state index contributed by atoms with van der Waals surface area (Å²) in [5.74, 6) is -0.648. The van der Waals surface area contributed by atoms with Gasteiger partial charge in [-0.05, 0) is 46.9 Å². The van der Waals surface area contributed by atoms with E-state index in [9.17, 15) is 8.78 Å². The molecule has 0 saturated carbocycles. The smallest absolute Gasteiger partial charge is 0.144 e. The van der Waals surface area contributed by atoms with Crippen molar-refractivity contribution in [2.45, 2.75) is 25.3 Å². The molecule has 0 spiro atoms. The number of hydrogen-bond acceptors (Lipinski definition) is 1. The minimum atomic E-state index is -0.504. The van der Waals surface area contributed by atoms with E-state index in [0.717, 1.165) is 19.5 Å². The molecule has 0 N–H and O–H groups in total. The van der Waals surface area contributed by atoms with Crippen molar-refractivity contribution in [2.75, 3.05) is 13.1 Å². The van der Waals surface area contributed by atoms with Gasteiger partial charge in [-0.3, -0.25) is 4.90 Å². The molecule has 2 atom stereocenters. The minimum Gasteiger partial charge on any atom is -0.298 e. The van der Waals surface area contributed by atoms with Gasteiger partial charge in [-0.1, -0.05) is 6.92 Å². The number of piperidine rings is 1. The molecule has 1 nitrogen and oxygen atoms in total. The van der Waals surface area contributed by atoms with Crippen molar-refractivity contribution in [3.8, 4) is 0 Å². The summed E-state index contributed by atoms with van der Waals surface area (Å²) in [6.07, 6.45) is 0.861. The standard InChI is InChI=1S/C13H15BrClF2N/c1-8-6-18(5-4-11(8)15)7-9-12(16)3-2-10(14)13(9)17/h2-3,8,11H,4-7H2,1H3. The Balaban J connectivity index is 2.13. The topological polar surface area (TPSA) is 3.24 Å². The van der Waals surface area contributed by atoms with Crippen LogP contribution in [0.25, 0.3) is 0 Å². The van der Waals surface area contributed by atoms with E-state index in [0.29, 0.717) is 16.9 Å². The third-order valence-corrected chi connectivity index (χ3v) is 4.67. The van der Waals surface area contributed by atoms with E-state index in [2.05, 4.69) is 27.8 Å². The van der Waals surface area contributed by atoms with Gasteiger partial charge in [0.1, 0.15) is 11.6 Å². The molecule has 1 aromatic rings. The maximum atomic E-state index is 13.9. The van der Waals surface area contributed by atoms with Crippen LogP contribution < -0.4 is 0 Å². The van der Waals surface area contributed by atoms with Gasteiger partial charge in [0.25, 0.3) is 0 Å². The Bertz CT molecular complexity index is 441. The largest absolute Gasteiger partial charge is 0.298 e. The summed E-state index contributed by atoms with van der Waals surface area (Å²) in [6.45, 7) is 3.92. The van der Waals surface area contributed by atoms with Gasteiger partial charge in [0.15, 0.2) is 0 Å². The van der Waals surface area contributed by atoms with Gasteiger partial charge < -0.3 is 0 Å². The van der Waals surface area contributed by atoms with Crippen LogP contribution in [0.1, 0.15) is 18.9 Å². The Kier molecular flexibility index (Phi) is 4.62. The normalized spacial score (nSPS) is 25.4. The average molecular weight is 339 g/mol. The first-order valence-corrected chi connectivity index (χ1v) is 7.20. The molecule has 0 radical (unpaired) electrons. The molecule has 0 amide bonds. The van der Waals surface area contributed by atoms with Crippen LogP contribution in [-0.4, -0.2) is 23.4 Å². The number of alkyl halides is 1. The average Bonchev–Trinajstić information content (AvgIpc) is 2.34. The Labute approximate surface area is 119 Å². The fraction of sp³-hybridized carbons (Fsp3) is 0.538. The van der Waals surface area contributed by atoms with Crippen LogP contribution >= 0.6 is 27.5 Å². The SMILES string of the molecule is CC1CN(Cc2c(F)ccc(Br)c2F)CCC1Cl. The van der Waals surface area contributed by atoms with Gasteiger partial charge in [0, 0.05) is 24.0 Å². The second-order valence-corrected chi connectivity index (χ2v) is 6.25. The van der Waals surface area contributed by atoms with E-state index in [1.165, 1.54) is 12.1 Å². The van der Waals surface area contributed by atoms with Crippen LogP contribution in [-0.2, 0) is 6.54 Å². The van der Waals surface area contributed by atoms with Gasteiger partial charge in [-0.25, -0.2) is 8.78 Å². The molecule has 1 heterocycles. The highest BCUT2D eigenvalue weighted by molar-refractivity contribution is 9.10. The molecule has 0 aliphatic carbocycles. The summed E-state index contributed by atoms with van der Waals surface area (Å²) in [5.41, 5.74) is 0.129. The second-order valence-electron chi connectivity index (χ2n) is 4.84. The lowest BCUT2D eigenvalue weighted by molar-refractivity contribution is 0.176. The van der Waals surface area contributed by atoms with Gasteiger partial charge >= 0.3 is 0 Å². The number of rotatable bonds is 2. The lowest BCUT2D eigenvalue weighted by Crippen LogP contribution is -2.39. The summed E-state index contributed by atoms with van der Waals surface area (Å²) >= 11 is 9.23. The van der Waals surface area contributed by atoms with Crippen LogP contribution in [0.15, 0.2) is 16.6 Å². The zero-order valence-corrected chi connectivity index (χ0v) is 12.4. The predicted octanol–water partition coefficient (Wildman–Crippen LogP) is 4.18. The minimum absolute atomic E-state index is 0.129. The summed E-state index contributed by atoms with van der Waals surface area (Å²) in [6, 6.07) is 2.68. The van der Waals surface area contributed by atoms with Gasteiger partial charge in [0.2, 0.25) is 0 Å². The Morgan fingerprint density at radius 1 is 1.44 bits per heavy atom. The van der Waals surface area contributed by atoms with Gasteiger partial charge in [-0.15, -0.1) is 11.6 Å². The van der Waals surface area contributed by atoms with Crippen LogP contribution in [0.3, 0.4) is 0 Å². The molecule has 1 aliphatic heterocycles. The molecule has 2 rings (SSSR count). The van der Waals surface area contributed by atoms with Crippen LogP contribution in [0.5, 0.6) is 0 Å². The first-order chi connectivity index (χ1) is 8.49. The van der Waals surface area contributed by atoms with Crippen molar-refractivity contribution in [3.05, 3.63) is 33.8 Å². The molecule has 1 aliphatic rings. The maximum Gasteiger partial charge on any atom is 0.144 e. The molecule has 100 valence electrons. The molecule has 0 aromatic heterocycles. The van der Waals surface area contributed by atoms with E-state index in [-0.39, 0.29) is 10.9 Å². The number of halogens is 4.